The molecule has 1 rings (SSSR count). The fraction of sp³-hybridized carbons (Fsp3) is 0.625. The molecule has 0 aliphatic heterocycles. The minimum absolute atomic E-state index is 0.00378. The summed E-state index contributed by atoms with van der Waals surface area (Å²) in [4.78, 5) is 10.6. The summed E-state index contributed by atoms with van der Waals surface area (Å²) in [6.07, 6.45) is 2.11. The molecule has 1 unspecified atom stereocenters. The van der Waals surface area contributed by atoms with E-state index in [2.05, 4.69) is 26.1 Å². The third kappa shape index (κ3) is 6.02. The summed E-state index contributed by atoms with van der Waals surface area (Å²) in [7, 11) is 0. The molecule has 118 valence electrons. The van der Waals surface area contributed by atoms with E-state index in [9.17, 15) is 10.1 Å². The molecule has 0 bridgehead atoms. The summed E-state index contributed by atoms with van der Waals surface area (Å²) >= 11 is 0. The summed E-state index contributed by atoms with van der Waals surface area (Å²) in [5.41, 5.74) is 0.858. The molecule has 0 aromatic heterocycles. The van der Waals surface area contributed by atoms with Crippen molar-refractivity contribution in [2.75, 3.05) is 5.32 Å². The van der Waals surface area contributed by atoms with Crippen LogP contribution in [0.1, 0.15) is 47.5 Å². The number of nitrogens with one attached hydrogen (secondary N) is 1. The van der Waals surface area contributed by atoms with Crippen molar-refractivity contribution in [1.29, 1.82) is 0 Å². The lowest BCUT2D eigenvalue weighted by atomic mass is 10.0. The smallest absolute Gasteiger partial charge is 0.311 e. The number of ether oxygens (including phenoxy) is 1. The minimum atomic E-state index is -0.413. The fourth-order valence-electron chi connectivity index (χ4n) is 2.04. The maximum Gasteiger partial charge on any atom is 0.311 e. The van der Waals surface area contributed by atoms with Crippen LogP contribution < -0.4 is 10.1 Å². The SMILES string of the molecule is CC(C)CCC(C)Nc1ccc([N+](=O)[O-])c(OC(C)C)c1. The zero-order chi connectivity index (χ0) is 16.0. The summed E-state index contributed by atoms with van der Waals surface area (Å²) in [5, 5.41) is 14.4. The zero-order valence-corrected chi connectivity index (χ0v) is 13.6. The predicted molar refractivity (Wildman–Crippen MR) is 86.0 cm³/mol. The van der Waals surface area contributed by atoms with Gasteiger partial charge in [0.25, 0.3) is 0 Å². The van der Waals surface area contributed by atoms with Crippen LogP contribution >= 0.6 is 0 Å². The van der Waals surface area contributed by atoms with Gasteiger partial charge in [-0.05, 0) is 45.6 Å². The van der Waals surface area contributed by atoms with Crippen LogP contribution in [-0.2, 0) is 0 Å². The van der Waals surface area contributed by atoms with E-state index in [0.29, 0.717) is 17.7 Å². The summed E-state index contributed by atoms with van der Waals surface area (Å²) in [6, 6.07) is 5.26. The van der Waals surface area contributed by atoms with Gasteiger partial charge < -0.3 is 10.1 Å². The topological polar surface area (TPSA) is 64.4 Å². The van der Waals surface area contributed by atoms with Crippen LogP contribution in [0.25, 0.3) is 0 Å². The molecule has 1 aromatic carbocycles. The van der Waals surface area contributed by atoms with E-state index in [1.165, 1.54) is 6.07 Å². The lowest BCUT2D eigenvalue weighted by molar-refractivity contribution is -0.386. The lowest BCUT2D eigenvalue weighted by Gasteiger charge is -2.17. The number of hydrogen-bond acceptors (Lipinski definition) is 4. The van der Waals surface area contributed by atoms with Crippen molar-refractivity contribution in [2.45, 2.75) is 59.6 Å². The first-order valence-corrected chi connectivity index (χ1v) is 7.51. The van der Waals surface area contributed by atoms with Gasteiger partial charge in [0.1, 0.15) is 0 Å². The second-order valence-corrected chi connectivity index (χ2v) is 6.12. The molecule has 5 nitrogen and oxygen atoms in total. The Bertz CT molecular complexity index is 473. The predicted octanol–water partition coefficient (Wildman–Crippen LogP) is 4.62. The van der Waals surface area contributed by atoms with E-state index >= 15 is 0 Å². The molecule has 0 aliphatic carbocycles. The minimum Gasteiger partial charge on any atom is -0.484 e. The number of nitrogens with zero attached hydrogens (tertiary/aromatic N) is 1. The Labute approximate surface area is 126 Å². The van der Waals surface area contributed by atoms with Gasteiger partial charge in [0.2, 0.25) is 0 Å². The van der Waals surface area contributed by atoms with Crippen LogP contribution in [0.5, 0.6) is 5.75 Å². The van der Waals surface area contributed by atoms with Crippen LogP contribution in [0.15, 0.2) is 18.2 Å². The molecule has 0 spiro atoms. The van der Waals surface area contributed by atoms with Crippen molar-refractivity contribution >= 4 is 11.4 Å². The molecular formula is C16H26N2O3. The first-order valence-electron chi connectivity index (χ1n) is 7.51. The quantitative estimate of drug-likeness (QED) is 0.561. The van der Waals surface area contributed by atoms with Crippen molar-refractivity contribution in [2.24, 2.45) is 5.92 Å². The van der Waals surface area contributed by atoms with E-state index < -0.39 is 4.92 Å². The Kier molecular flexibility index (Phi) is 6.46. The van der Waals surface area contributed by atoms with Gasteiger partial charge in [-0.2, -0.15) is 0 Å². The van der Waals surface area contributed by atoms with Gasteiger partial charge in [-0.3, -0.25) is 10.1 Å². The van der Waals surface area contributed by atoms with Gasteiger partial charge in [-0.1, -0.05) is 13.8 Å². The molecule has 0 aliphatic rings. The molecule has 1 atom stereocenters. The average Bonchev–Trinajstić information content (AvgIpc) is 2.35. The summed E-state index contributed by atoms with van der Waals surface area (Å²) < 4.78 is 5.55. The Morgan fingerprint density at radius 3 is 2.38 bits per heavy atom. The third-order valence-corrected chi connectivity index (χ3v) is 3.11. The second kappa shape index (κ2) is 7.86. The monoisotopic (exact) mass is 294 g/mol. The highest BCUT2D eigenvalue weighted by Gasteiger charge is 2.17. The zero-order valence-electron chi connectivity index (χ0n) is 13.6. The van der Waals surface area contributed by atoms with Crippen LogP contribution in [0, 0.1) is 16.0 Å². The van der Waals surface area contributed by atoms with Gasteiger partial charge >= 0.3 is 5.69 Å². The molecule has 0 saturated heterocycles. The van der Waals surface area contributed by atoms with Gasteiger partial charge in [-0.25, -0.2) is 0 Å². The van der Waals surface area contributed by atoms with Crippen LogP contribution in [0.2, 0.25) is 0 Å². The Morgan fingerprint density at radius 1 is 1.19 bits per heavy atom. The molecule has 21 heavy (non-hydrogen) atoms. The molecule has 5 heteroatoms. The van der Waals surface area contributed by atoms with E-state index in [-0.39, 0.29) is 11.8 Å². The van der Waals surface area contributed by atoms with E-state index in [1.807, 2.05) is 13.8 Å². The third-order valence-electron chi connectivity index (χ3n) is 3.11. The van der Waals surface area contributed by atoms with Gasteiger partial charge in [0.15, 0.2) is 5.75 Å². The lowest BCUT2D eigenvalue weighted by Crippen LogP contribution is -2.16. The fourth-order valence-corrected chi connectivity index (χ4v) is 2.04. The molecule has 1 N–H and O–H groups in total. The maximum absolute atomic E-state index is 11.0. The van der Waals surface area contributed by atoms with Crippen LogP contribution in [-0.4, -0.2) is 17.1 Å². The number of anilines is 1. The number of nitro groups is 1. The molecule has 0 radical (unpaired) electrons. The highest BCUT2D eigenvalue weighted by molar-refractivity contribution is 5.58. The van der Waals surface area contributed by atoms with Crippen LogP contribution in [0.3, 0.4) is 0 Å². The molecule has 1 aromatic rings. The highest BCUT2D eigenvalue weighted by Crippen LogP contribution is 2.31. The van der Waals surface area contributed by atoms with Crippen molar-refractivity contribution < 1.29 is 9.66 Å². The summed E-state index contributed by atoms with van der Waals surface area (Å²) in [5.74, 6) is 0.988. The molecule has 0 fully saturated rings. The Balaban J connectivity index is 2.82. The van der Waals surface area contributed by atoms with Crippen LogP contribution in [0.4, 0.5) is 11.4 Å². The number of nitro benzene ring substituents is 1. The van der Waals surface area contributed by atoms with Crippen molar-refractivity contribution in [3.8, 4) is 5.75 Å². The molecule has 0 amide bonds. The van der Waals surface area contributed by atoms with Gasteiger partial charge in [0, 0.05) is 23.9 Å². The summed E-state index contributed by atoms with van der Waals surface area (Å²) in [6.45, 7) is 10.2. The number of rotatable bonds is 8. The second-order valence-electron chi connectivity index (χ2n) is 6.12. The standard InChI is InChI=1S/C16H26N2O3/c1-11(2)6-7-13(5)17-14-8-9-15(18(19)20)16(10-14)21-12(3)4/h8-13,17H,6-7H2,1-5H3. The molecule has 0 heterocycles. The van der Waals surface area contributed by atoms with Gasteiger partial charge in [0.05, 0.1) is 11.0 Å². The maximum atomic E-state index is 11.0. The average molecular weight is 294 g/mol. The Hall–Kier alpha value is -1.78. The Morgan fingerprint density at radius 2 is 1.86 bits per heavy atom. The van der Waals surface area contributed by atoms with Gasteiger partial charge in [-0.15, -0.1) is 0 Å². The van der Waals surface area contributed by atoms with E-state index in [1.54, 1.807) is 12.1 Å². The first-order chi connectivity index (χ1) is 9.79. The number of hydrogen-bond donors (Lipinski definition) is 1. The largest absolute Gasteiger partial charge is 0.484 e. The normalized spacial score (nSPS) is 12.5. The van der Waals surface area contributed by atoms with E-state index in [4.69, 9.17) is 4.74 Å². The highest BCUT2D eigenvalue weighted by atomic mass is 16.6. The van der Waals surface area contributed by atoms with Crippen molar-refractivity contribution in [1.82, 2.24) is 0 Å². The van der Waals surface area contributed by atoms with Crippen molar-refractivity contribution in [3.05, 3.63) is 28.3 Å². The molecule has 0 saturated carbocycles. The number of benzene rings is 1. The van der Waals surface area contributed by atoms with Crippen molar-refractivity contribution in [3.63, 3.8) is 0 Å². The van der Waals surface area contributed by atoms with E-state index in [0.717, 1.165) is 18.5 Å². The first kappa shape index (κ1) is 17.3. The molecular weight excluding hydrogens is 268 g/mol.